The van der Waals surface area contributed by atoms with Gasteiger partial charge in [0.1, 0.15) is 0 Å². The Balaban J connectivity index is 2.71. The maximum absolute atomic E-state index is 2.24. The molecule has 0 aliphatic rings. The highest BCUT2D eigenvalue weighted by Gasteiger charge is 2.10. The SMILES string of the molecule is c1cc2cc3ccc4cc1n2n43. The molecule has 0 bridgehead atoms. The zero-order valence-electron chi connectivity index (χ0n) is 6.36. The lowest BCUT2D eigenvalue weighted by molar-refractivity contribution is 0.966. The molecular weight excluding hydrogens is 148 g/mol. The summed E-state index contributed by atoms with van der Waals surface area (Å²) in [7, 11) is 0. The van der Waals surface area contributed by atoms with Gasteiger partial charge in [-0.15, -0.1) is 0 Å². The third-order valence-electron chi connectivity index (χ3n) is 2.62. The number of aromatic nitrogens is 2. The van der Waals surface area contributed by atoms with Crippen LogP contribution >= 0.6 is 0 Å². The first-order chi connectivity index (χ1) is 5.93. The van der Waals surface area contributed by atoms with Crippen molar-refractivity contribution in [2.45, 2.75) is 0 Å². The summed E-state index contributed by atoms with van der Waals surface area (Å²) in [6.45, 7) is 0. The van der Waals surface area contributed by atoms with Crippen LogP contribution in [0.25, 0.3) is 22.1 Å². The first kappa shape index (κ1) is 5.04. The third-order valence-corrected chi connectivity index (χ3v) is 2.62. The minimum atomic E-state index is 1.29. The summed E-state index contributed by atoms with van der Waals surface area (Å²) in [5.41, 5.74) is 5.15. The molecule has 0 spiro atoms. The Bertz CT molecular complexity index is 547. The molecular formula is C10H6N2. The Morgan fingerprint density at radius 2 is 0.917 bits per heavy atom. The van der Waals surface area contributed by atoms with Gasteiger partial charge in [-0.2, -0.15) is 0 Å². The fraction of sp³-hybridized carbons (Fsp3) is 0. The molecule has 2 heteroatoms. The van der Waals surface area contributed by atoms with Crippen molar-refractivity contribution in [1.82, 2.24) is 9.03 Å². The number of hydrogen-bond donors (Lipinski definition) is 0. The van der Waals surface area contributed by atoms with Gasteiger partial charge in [-0.1, -0.05) is 0 Å². The molecule has 0 saturated carbocycles. The minimum Gasteiger partial charge on any atom is -0.249 e. The molecule has 4 heterocycles. The van der Waals surface area contributed by atoms with Crippen molar-refractivity contribution in [2.75, 3.05) is 0 Å². The van der Waals surface area contributed by atoms with Gasteiger partial charge in [-0.3, -0.25) is 0 Å². The number of hydrogen-bond acceptors (Lipinski definition) is 0. The van der Waals surface area contributed by atoms with E-state index in [-0.39, 0.29) is 0 Å². The van der Waals surface area contributed by atoms with E-state index >= 15 is 0 Å². The summed E-state index contributed by atoms with van der Waals surface area (Å²) in [5, 5.41) is 0. The van der Waals surface area contributed by atoms with Crippen molar-refractivity contribution in [3.63, 3.8) is 0 Å². The summed E-state index contributed by atoms with van der Waals surface area (Å²) in [6, 6.07) is 13.0. The first-order valence-corrected chi connectivity index (χ1v) is 4.07. The number of rotatable bonds is 0. The summed E-state index contributed by atoms with van der Waals surface area (Å²) in [6.07, 6.45) is 0. The maximum atomic E-state index is 2.24. The van der Waals surface area contributed by atoms with Gasteiger partial charge in [0, 0.05) is 0 Å². The van der Waals surface area contributed by atoms with Crippen molar-refractivity contribution in [2.24, 2.45) is 0 Å². The quantitative estimate of drug-likeness (QED) is 0.367. The highest BCUT2D eigenvalue weighted by Crippen LogP contribution is 2.24. The molecule has 4 aromatic rings. The summed E-state index contributed by atoms with van der Waals surface area (Å²) >= 11 is 0. The van der Waals surface area contributed by atoms with Crippen LogP contribution in [-0.2, 0) is 0 Å². The first-order valence-electron chi connectivity index (χ1n) is 4.07. The Kier molecular flexibility index (Phi) is 0.541. The Morgan fingerprint density at radius 1 is 0.583 bits per heavy atom. The molecule has 0 amide bonds. The molecule has 0 N–H and O–H groups in total. The van der Waals surface area contributed by atoms with Gasteiger partial charge in [0.05, 0.1) is 22.1 Å². The van der Waals surface area contributed by atoms with Gasteiger partial charge in [-0.05, 0) is 36.4 Å². The molecule has 0 radical (unpaired) electrons. The van der Waals surface area contributed by atoms with E-state index in [0.717, 1.165) is 0 Å². The van der Waals surface area contributed by atoms with Crippen LogP contribution in [0.15, 0.2) is 36.4 Å². The predicted octanol–water partition coefficient (Wildman–Crippen LogP) is 2.22. The molecule has 0 aliphatic carbocycles. The molecule has 0 unspecified atom stereocenters. The lowest BCUT2D eigenvalue weighted by Crippen LogP contribution is -1.84. The molecule has 4 rings (SSSR count). The van der Waals surface area contributed by atoms with Crippen molar-refractivity contribution in [3.8, 4) is 0 Å². The van der Waals surface area contributed by atoms with Crippen molar-refractivity contribution >= 4 is 22.1 Å². The Morgan fingerprint density at radius 3 is 1.25 bits per heavy atom. The van der Waals surface area contributed by atoms with E-state index < -0.39 is 0 Å². The molecule has 4 aromatic heterocycles. The van der Waals surface area contributed by atoms with Gasteiger partial charge in [0.15, 0.2) is 0 Å². The zero-order chi connectivity index (χ0) is 7.71. The largest absolute Gasteiger partial charge is 0.249 e. The molecule has 2 nitrogen and oxygen atoms in total. The molecule has 0 aliphatic heterocycles. The molecule has 56 valence electrons. The van der Waals surface area contributed by atoms with E-state index in [1.165, 1.54) is 22.1 Å². The van der Waals surface area contributed by atoms with Gasteiger partial charge in [0.2, 0.25) is 0 Å². The fourth-order valence-corrected chi connectivity index (χ4v) is 2.12. The van der Waals surface area contributed by atoms with Gasteiger partial charge < -0.3 is 0 Å². The highest BCUT2D eigenvalue weighted by atomic mass is 15.3. The third kappa shape index (κ3) is 0.336. The average molecular weight is 154 g/mol. The second-order valence-corrected chi connectivity index (χ2v) is 3.28. The van der Waals surface area contributed by atoms with Crippen LogP contribution in [0, 0.1) is 0 Å². The molecule has 0 aromatic carbocycles. The molecule has 0 saturated heterocycles. The van der Waals surface area contributed by atoms with Crippen LogP contribution in [-0.4, -0.2) is 9.03 Å². The van der Waals surface area contributed by atoms with Crippen LogP contribution in [0.3, 0.4) is 0 Å². The van der Waals surface area contributed by atoms with Crippen molar-refractivity contribution in [3.05, 3.63) is 36.4 Å². The smallest absolute Gasteiger partial charge is 0.0659 e. The fourth-order valence-electron chi connectivity index (χ4n) is 2.12. The van der Waals surface area contributed by atoms with Crippen LogP contribution in [0.5, 0.6) is 0 Å². The lowest BCUT2D eigenvalue weighted by Gasteiger charge is -1.86. The van der Waals surface area contributed by atoms with Crippen molar-refractivity contribution < 1.29 is 0 Å². The summed E-state index contributed by atoms with van der Waals surface area (Å²) in [5.74, 6) is 0. The zero-order valence-corrected chi connectivity index (χ0v) is 6.36. The van der Waals surface area contributed by atoms with E-state index in [1.54, 1.807) is 0 Å². The predicted molar refractivity (Wildman–Crippen MR) is 48.2 cm³/mol. The average Bonchev–Trinajstić information content (AvgIpc) is 2.71. The minimum absolute atomic E-state index is 1.29. The topological polar surface area (TPSA) is 8.82 Å². The van der Waals surface area contributed by atoms with Crippen LogP contribution in [0.4, 0.5) is 0 Å². The second kappa shape index (κ2) is 1.29. The van der Waals surface area contributed by atoms with Gasteiger partial charge >= 0.3 is 0 Å². The maximum Gasteiger partial charge on any atom is 0.0659 e. The lowest BCUT2D eigenvalue weighted by atomic mass is 10.4. The van der Waals surface area contributed by atoms with Gasteiger partial charge in [0.25, 0.3) is 0 Å². The van der Waals surface area contributed by atoms with Crippen LogP contribution < -0.4 is 0 Å². The van der Waals surface area contributed by atoms with E-state index in [2.05, 4.69) is 45.4 Å². The molecule has 0 fully saturated rings. The standard InChI is InChI=1S/C10H6N2/c1-2-8-6-10-4-3-9-5-7(1)11(8)12(9)10/h1-6H. The molecule has 0 atom stereocenters. The monoisotopic (exact) mass is 154 g/mol. The Hall–Kier alpha value is -1.70. The highest BCUT2D eigenvalue weighted by molar-refractivity contribution is 5.79. The van der Waals surface area contributed by atoms with E-state index in [9.17, 15) is 0 Å². The van der Waals surface area contributed by atoms with E-state index in [4.69, 9.17) is 0 Å². The van der Waals surface area contributed by atoms with Crippen LogP contribution in [0.2, 0.25) is 0 Å². The summed E-state index contributed by atoms with van der Waals surface area (Å²) in [4.78, 5) is 0. The second-order valence-electron chi connectivity index (χ2n) is 3.28. The Labute approximate surface area is 68.3 Å². The van der Waals surface area contributed by atoms with Crippen LogP contribution in [0.1, 0.15) is 0 Å². The summed E-state index contributed by atoms with van der Waals surface area (Å²) < 4.78 is 4.48. The van der Waals surface area contributed by atoms with Crippen molar-refractivity contribution in [1.29, 1.82) is 0 Å². The van der Waals surface area contributed by atoms with E-state index in [1.807, 2.05) is 0 Å². The van der Waals surface area contributed by atoms with E-state index in [0.29, 0.717) is 0 Å². The van der Waals surface area contributed by atoms with Gasteiger partial charge in [-0.25, -0.2) is 9.03 Å². The number of nitrogens with zero attached hydrogens (tertiary/aromatic N) is 2. The normalized spacial score (nSPS) is 13.0. The molecule has 12 heavy (non-hydrogen) atoms.